The molecule has 0 saturated heterocycles. The van der Waals surface area contributed by atoms with Gasteiger partial charge in [-0.25, -0.2) is 0 Å². The van der Waals surface area contributed by atoms with Crippen molar-refractivity contribution in [3.63, 3.8) is 0 Å². The van der Waals surface area contributed by atoms with Crippen LogP contribution in [0.25, 0.3) is 0 Å². The molecule has 4 heteroatoms. The minimum atomic E-state index is -0.896. The van der Waals surface area contributed by atoms with E-state index in [9.17, 15) is 4.57 Å². The van der Waals surface area contributed by atoms with Gasteiger partial charge in [-0.05, 0) is 0 Å². The molecule has 0 saturated carbocycles. The first kappa shape index (κ1) is 79.2. The molecule has 0 aliphatic carbocycles. The van der Waals surface area contributed by atoms with E-state index in [2.05, 4.69) is 127 Å². The van der Waals surface area contributed by atoms with Gasteiger partial charge < -0.3 is 0 Å². The van der Waals surface area contributed by atoms with Gasteiger partial charge in [0.2, 0.25) is 0 Å². The fourth-order valence-electron chi connectivity index (χ4n) is 11.9. The van der Waals surface area contributed by atoms with Gasteiger partial charge in [0, 0.05) is 0 Å². The van der Waals surface area contributed by atoms with E-state index in [1.807, 2.05) is 0 Å². The molecule has 0 heterocycles. The van der Waals surface area contributed by atoms with Crippen molar-refractivity contribution < 1.29 is 13.8 Å². The van der Waals surface area contributed by atoms with Crippen LogP contribution < -0.4 is 0 Å². The summed E-state index contributed by atoms with van der Waals surface area (Å²) in [5, 5.41) is 0. The van der Waals surface area contributed by atoms with Crippen LogP contribution in [0.5, 0.6) is 0 Å². The van der Waals surface area contributed by atoms with Gasteiger partial charge in [0.15, 0.2) is 0 Å². The molecule has 0 aromatic rings. The van der Waals surface area contributed by atoms with Crippen molar-refractivity contribution in [3.8, 4) is 5.75 Å². The summed E-state index contributed by atoms with van der Waals surface area (Å²) < 4.78 is 21.5. The summed E-state index contributed by atoms with van der Waals surface area (Å²) in [6.45, 7) is 14.6. The first-order valence-electron chi connectivity index (χ1n) is 36.6. The maximum atomic E-state index is 13.5. The summed E-state index contributed by atoms with van der Waals surface area (Å²) in [7, 11) is 2.25. The second-order valence-corrected chi connectivity index (χ2v) is 25.7. The van der Waals surface area contributed by atoms with Crippen LogP contribution in [0.2, 0.25) is 0 Å². The van der Waals surface area contributed by atoms with Gasteiger partial charge >= 0.3 is 369 Å². The van der Waals surface area contributed by atoms with Gasteiger partial charge in [-0.3, -0.25) is 0 Å². The predicted octanol–water partition coefficient (Wildman–Crippen LogP) is 27.6. The Morgan fingerprint density at radius 2 is 0.543 bits per heavy atom. The fraction of sp³-hybridized carbons (Fsp3) is 0.831. The molecule has 0 aliphatic heterocycles. The zero-order chi connectivity index (χ0) is 59.0. The molecule has 0 radical (unpaired) electrons. The van der Waals surface area contributed by atoms with Crippen LogP contribution in [0.3, 0.4) is 0 Å². The van der Waals surface area contributed by atoms with E-state index in [1.54, 1.807) is 0 Å². The summed E-state index contributed by atoms with van der Waals surface area (Å²) >= 11 is 0. The maximum absolute atomic E-state index is 13.5. The van der Waals surface area contributed by atoms with Crippen molar-refractivity contribution in [1.82, 2.24) is 0 Å². The number of hydrogen-bond donors (Lipinski definition) is 0. The first-order valence-corrected chi connectivity index (χ1v) is 37.4. The molecule has 472 valence electrons. The molecular formula is C77H143NO2P+. The Kier molecular flexibility index (Phi) is 61.3. The third-order valence-corrected chi connectivity index (χ3v) is 18.0. The van der Waals surface area contributed by atoms with Gasteiger partial charge in [-0.2, -0.15) is 0 Å². The standard InChI is InChI=1S/C77H143NO2P/c1-8-14-20-26-32-38-44-49-55-61-67-73-78(7,75-81-79)76(69-63-57-51-45-39-33-27-21-15-9-2,70-64-58-52-46-40-34-28-22-16-10-3)77(71-65-59-53-47-41-35-29-23-17-11-4,72-66-60-54-48-42-36-30-24-18-12-5)80-74-68-62-56-50-43-37-31-25-19-13-6/h61,63-72,74H,8-60,62,73H2,1-7H3/q+1. The molecule has 0 fully saturated rings. The molecule has 81 heavy (non-hydrogen) atoms. The molecule has 3 nitrogen and oxygen atoms in total. The summed E-state index contributed by atoms with van der Waals surface area (Å²) in [5.41, 5.74) is -1.67. The topological polar surface area (TPSA) is 26.3 Å². The minimum Gasteiger partial charge on any atom is -0.0654 e. The van der Waals surface area contributed by atoms with Crippen molar-refractivity contribution >= 4 is 7.92 Å². The Morgan fingerprint density at radius 1 is 0.309 bits per heavy atom. The number of allylic oxidation sites excluding steroid dienone is 6. The van der Waals surface area contributed by atoms with Crippen LogP contribution in [0, 0.1) is 5.75 Å². The zero-order valence-corrected chi connectivity index (χ0v) is 56.9. The smallest absolute Gasteiger partial charge is 0.0654 e. The number of quaternary nitrogens is 1. The van der Waals surface area contributed by atoms with Gasteiger partial charge in [0.1, 0.15) is 0 Å². The van der Waals surface area contributed by atoms with Gasteiger partial charge in [0.05, 0.1) is 0 Å². The van der Waals surface area contributed by atoms with Crippen LogP contribution in [-0.2, 0) is 9.30 Å². The molecular weight excluding hydrogens is 1000 g/mol. The number of rotatable bonds is 64. The average Bonchev–Trinajstić information content (AvgIpc) is 3.50. The van der Waals surface area contributed by atoms with Gasteiger partial charge in [-0.15, -0.1) is 0 Å². The van der Waals surface area contributed by atoms with Gasteiger partial charge in [0.25, 0.3) is 0 Å². The van der Waals surface area contributed by atoms with E-state index in [0.29, 0.717) is 11.0 Å². The van der Waals surface area contributed by atoms with Crippen LogP contribution in [-0.4, -0.2) is 29.2 Å². The van der Waals surface area contributed by atoms with E-state index < -0.39 is 11.1 Å². The Hall–Kier alpha value is -1.79. The second kappa shape index (κ2) is 62.7. The van der Waals surface area contributed by atoms with E-state index >= 15 is 0 Å². The van der Waals surface area contributed by atoms with E-state index in [-0.39, 0.29) is 7.92 Å². The number of ether oxygens (including phenoxy) is 1. The number of hydrogen-bond acceptors (Lipinski definition) is 2. The van der Waals surface area contributed by atoms with Crippen LogP contribution >= 0.6 is 7.92 Å². The van der Waals surface area contributed by atoms with E-state index in [1.165, 1.54) is 308 Å². The Bertz CT molecular complexity index is 1520. The minimum absolute atomic E-state index is 0.0653. The van der Waals surface area contributed by atoms with Crippen molar-refractivity contribution in [2.24, 2.45) is 0 Å². The monoisotopic (exact) mass is 1150 g/mol. The van der Waals surface area contributed by atoms with Crippen molar-refractivity contribution in [1.29, 1.82) is 0 Å². The van der Waals surface area contributed by atoms with Gasteiger partial charge in [-0.1, -0.05) is 144 Å². The number of likely N-dealkylation sites (N-methyl/N-ethyl adjacent to an activating group) is 1. The van der Waals surface area contributed by atoms with Crippen molar-refractivity contribution in [3.05, 3.63) is 73.1 Å². The van der Waals surface area contributed by atoms with E-state index in [0.717, 1.165) is 38.5 Å². The zero-order valence-electron chi connectivity index (χ0n) is 56.0. The van der Waals surface area contributed by atoms with Crippen molar-refractivity contribution in [2.75, 3.05) is 13.6 Å². The fourth-order valence-corrected chi connectivity index (χ4v) is 12.4. The summed E-state index contributed by atoms with van der Waals surface area (Å²) in [6.07, 6.45) is 98.8. The molecule has 0 aliphatic rings. The number of unbranched alkanes of at least 4 members (excludes halogenated alkanes) is 48. The second-order valence-electron chi connectivity index (χ2n) is 25.3. The molecule has 0 rings (SSSR count). The third-order valence-electron chi connectivity index (χ3n) is 17.5. The summed E-state index contributed by atoms with van der Waals surface area (Å²) in [4.78, 5) is 0. The molecule has 0 aromatic heterocycles. The van der Waals surface area contributed by atoms with Crippen LogP contribution in [0.15, 0.2) is 73.1 Å². The summed E-state index contributed by atoms with van der Waals surface area (Å²) in [6, 6.07) is 0. The van der Waals surface area contributed by atoms with Crippen molar-refractivity contribution in [2.45, 2.75) is 399 Å². The SMILES string of the molecule is CCCCCCCCCCC=CC[N+](C)(C#P=O)C(C=CCCCCCCCCCC)(C=CCCCCCCCCCC)C(C=CCCCCCCCCCC)(C=CCCCCCCCCCC)OC=CCCCCCCCCCC. The first-order chi connectivity index (χ1) is 39.9. The molecule has 0 spiro atoms. The third kappa shape index (κ3) is 45.2. The average molecular weight is 1150 g/mol. The molecule has 0 N–H and O–H groups in total. The molecule has 1 unspecified atom stereocenters. The summed E-state index contributed by atoms with van der Waals surface area (Å²) in [5.74, 6) is 3.66. The molecule has 0 bridgehead atoms. The quantitative estimate of drug-likeness (QED) is 0.0199. The Labute approximate surface area is 510 Å². The molecule has 0 aromatic carbocycles. The van der Waals surface area contributed by atoms with E-state index in [4.69, 9.17) is 4.74 Å². The van der Waals surface area contributed by atoms with Crippen LogP contribution in [0.1, 0.15) is 388 Å². The number of nitrogens with zero attached hydrogens (tertiary/aromatic N) is 1. The normalized spacial score (nSPS) is 14.6. The Balaban J connectivity index is 7.87. The molecule has 1 atom stereocenters. The van der Waals surface area contributed by atoms with Crippen LogP contribution in [0.4, 0.5) is 0 Å². The predicted molar refractivity (Wildman–Crippen MR) is 367 cm³/mol. The Morgan fingerprint density at radius 3 is 0.815 bits per heavy atom. The molecule has 0 amide bonds.